The highest BCUT2D eigenvalue weighted by Gasteiger charge is 2.54. The lowest BCUT2D eigenvalue weighted by Crippen LogP contribution is -2.61. The Labute approximate surface area is 346 Å². The second kappa shape index (κ2) is 20.7. The minimum atomic E-state index is -1.93. The van der Waals surface area contributed by atoms with E-state index in [0.717, 1.165) is 0 Å². The fourth-order valence-corrected chi connectivity index (χ4v) is 9.19. The lowest BCUT2D eigenvalue weighted by atomic mass is 9.73. The Kier molecular flexibility index (Phi) is 18.0. The van der Waals surface area contributed by atoms with Crippen molar-refractivity contribution < 1.29 is 68.0 Å². The molecule has 3 fully saturated rings. The standard InChI is InChI=1S/C42H76N2O14/c1-16-18-52-43-32-22(3)20-40(10,49)36(58-39-33(46)29(44(13)14)19-23(4)53-39)25(6)34(26(7)38(48)56-30(17-2)42(12,50)35(47)24(32)5)57-31-21-41(11,51-15)37(27(8)54-31)55-28(9)45/h22-27,29-31,33-37,39,46-47,49-50H,16-21H2,1-15H3/b43-32-/t22-,23-,24-,25+,26-,27+,29+,30+,31+,33-,34+,35-,36-,37+,39+,40+,41-,42-/m1/s1. The summed E-state index contributed by atoms with van der Waals surface area (Å²) in [5, 5.41) is 52.6. The van der Waals surface area contributed by atoms with Crippen molar-refractivity contribution in [3.8, 4) is 0 Å². The summed E-state index contributed by atoms with van der Waals surface area (Å²) in [4.78, 5) is 34.0. The second-order valence-electron chi connectivity index (χ2n) is 18.0. The molecule has 4 N–H and O–H groups in total. The van der Waals surface area contributed by atoms with Crippen molar-refractivity contribution in [2.75, 3.05) is 27.8 Å². The van der Waals surface area contributed by atoms with Crippen molar-refractivity contribution in [3.05, 3.63) is 0 Å². The topological polar surface area (TPSA) is 204 Å². The molecule has 0 aliphatic carbocycles. The van der Waals surface area contributed by atoms with Crippen LogP contribution in [0.4, 0.5) is 0 Å². The number of carbonyl (C=O) groups excluding carboxylic acids is 2. The molecule has 18 atom stereocenters. The minimum absolute atomic E-state index is 0.0104. The zero-order valence-corrected chi connectivity index (χ0v) is 37.7. The van der Waals surface area contributed by atoms with Gasteiger partial charge in [-0.3, -0.25) is 9.59 Å². The van der Waals surface area contributed by atoms with Gasteiger partial charge in [0.15, 0.2) is 18.7 Å². The summed E-state index contributed by atoms with van der Waals surface area (Å²) in [5.74, 6) is -4.50. The largest absolute Gasteiger partial charge is 0.459 e. The molecule has 0 bridgehead atoms. The fourth-order valence-electron chi connectivity index (χ4n) is 9.19. The Balaban J connectivity index is 2.25. The summed E-state index contributed by atoms with van der Waals surface area (Å²) >= 11 is 0. The number of rotatable bonds is 11. The molecule has 3 aliphatic rings. The van der Waals surface area contributed by atoms with Gasteiger partial charge in [-0.2, -0.15) is 0 Å². The molecule has 0 unspecified atom stereocenters. The average molecular weight is 833 g/mol. The van der Waals surface area contributed by atoms with E-state index >= 15 is 0 Å². The van der Waals surface area contributed by atoms with Crippen LogP contribution in [0.15, 0.2) is 5.16 Å². The van der Waals surface area contributed by atoms with Gasteiger partial charge in [0.1, 0.15) is 30.0 Å². The van der Waals surface area contributed by atoms with E-state index in [-0.39, 0.29) is 31.4 Å². The molecule has 3 heterocycles. The molecule has 16 nitrogen and oxygen atoms in total. The number of oxime groups is 1. The number of methoxy groups -OCH3 is 1. The highest BCUT2D eigenvalue weighted by atomic mass is 16.7. The van der Waals surface area contributed by atoms with Gasteiger partial charge < -0.3 is 63.3 Å². The maximum Gasteiger partial charge on any atom is 0.311 e. The molecule has 0 spiro atoms. The fraction of sp³-hybridized carbons (Fsp3) is 0.929. The van der Waals surface area contributed by atoms with Gasteiger partial charge in [0.05, 0.1) is 47.8 Å². The number of ether oxygens (including phenoxy) is 7. The summed E-state index contributed by atoms with van der Waals surface area (Å²) in [7, 11) is 5.24. The van der Waals surface area contributed by atoms with Gasteiger partial charge in [-0.15, -0.1) is 0 Å². The number of carbonyl (C=O) groups is 2. The molecule has 16 heteroatoms. The maximum atomic E-state index is 14.4. The molecular formula is C42H76N2O14. The predicted octanol–water partition coefficient (Wildman–Crippen LogP) is 3.57. The van der Waals surface area contributed by atoms with E-state index in [9.17, 15) is 30.0 Å². The SMILES string of the molecule is CCCO/N=C1/[C@H](C)C[C@](C)(O)[C@H](O[C@@H]2O[C@H](C)C[C@H](N(C)C)[C@H]2O)[C@@H](C)[C@H](O[C@H]2C[C@@](C)(OC)[C@@H](OC(C)=O)[C@H](C)O2)[C@@H](C)C(=O)O[C@@H](CC)[C@@](C)(O)[C@H](O)[C@@H]1C. The summed E-state index contributed by atoms with van der Waals surface area (Å²) in [6.45, 7) is 20.7. The summed E-state index contributed by atoms with van der Waals surface area (Å²) in [5.41, 5.74) is -4.34. The van der Waals surface area contributed by atoms with Gasteiger partial charge in [-0.05, 0) is 81.3 Å². The van der Waals surface area contributed by atoms with Crippen LogP contribution in [0, 0.1) is 23.7 Å². The van der Waals surface area contributed by atoms with E-state index < -0.39 is 108 Å². The number of aliphatic hydroxyl groups excluding tert-OH is 2. The molecule has 0 aromatic heterocycles. The van der Waals surface area contributed by atoms with Crippen LogP contribution in [-0.2, 0) is 47.6 Å². The third-order valence-electron chi connectivity index (χ3n) is 12.6. The summed E-state index contributed by atoms with van der Waals surface area (Å²) in [6.07, 6.45) is -8.45. The highest BCUT2D eigenvalue weighted by Crippen LogP contribution is 2.41. The number of aliphatic hydroxyl groups is 4. The quantitative estimate of drug-likeness (QED) is 0.134. The van der Waals surface area contributed by atoms with Crippen LogP contribution in [-0.4, -0.2) is 155 Å². The van der Waals surface area contributed by atoms with Gasteiger partial charge >= 0.3 is 11.9 Å². The smallest absolute Gasteiger partial charge is 0.311 e. The molecule has 58 heavy (non-hydrogen) atoms. The molecule has 3 saturated heterocycles. The van der Waals surface area contributed by atoms with Crippen molar-refractivity contribution in [2.45, 2.75) is 199 Å². The third kappa shape index (κ3) is 11.7. The number of nitrogens with zero attached hydrogens (tertiary/aromatic N) is 2. The molecule has 338 valence electrons. The number of esters is 2. The predicted molar refractivity (Wildman–Crippen MR) is 214 cm³/mol. The van der Waals surface area contributed by atoms with Gasteiger partial charge in [-0.25, -0.2) is 0 Å². The van der Waals surface area contributed by atoms with Gasteiger partial charge in [0, 0.05) is 44.2 Å². The van der Waals surface area contributed by atoms with Crippen molar-refractivity contribution >= 4 is 17.7 Å². The number of cyclic esters (lactones) is 1. The van der Waals surface area contributed by atoms with Crippen LogP contribution in [0.3, 0.4) is 0 Å². The van der Waals surface area contributed by atoms with Crippen LogP contribution >= 0.6 is 0 Å². The Hall–Kier alpha value is -1.99. The third-order valence-corrected chi connectivity index (χ3v) is 12.6. The summed E-state index contributed by atoms with van der Waals surface area (Å²) < 4.78 is 43.7. The van der Waals surface area contributed by atoms with Gasteiger partial charge in [0.25, 0.3) is 0 Å². The Morgan fingerprint density at radius 3 is 2.14 bits per heavy atom. The normalized spacial score (nSPS) is 45.7. The van der Waals surface area contributed by atoms with Crippen LogP contribution in [0.2, 0.25) is 0 Å². The molecule has 3 aliphatic heterocycles. The van der Waals surface area contributed by atoms with E-state index in [1.54, 1.807) is 48.5 Å². The molecular weight excluding hydrogens is 756 g/mol. The minimum Gasteiger partial charge on any atom is -0.459 e. The van der Waals surface area contributed by atoms with E-state index in [0.29, 0.717) is 25.2 Å². The van der Waals surface area contributed by atoms with Gasteiger partial charge in [-0.1, -0.05) is 39.8 Å². The van der Waals surface area contributed by atoms with E-state index in [1.165, 1.54) is 21.0 Å². The van der Waals surface area contributed by atoms with Crippen molar-refractivity contribution in [2.24, 2.45) is 28.8 Å². The lowest BCUT2D eigenvalue weighted by Gasteiger charge is -2.49. The van der Waals surface area contributed by atoms with Crippen LogP contribution in [0.25, 0.3) is 0 Å². The molecule has 0 saturated carbocycles. The first-order valence-electron chi connectivity index (χ1n) is 21.1. The molecule has 0 aromatic carbocycles. The van der Waals surface area contributed by atoms with Crippen molar-refractivity contribution in [3.63, 3.8) is 0 Å². The molecule has 0 radical (unpaired) electrons. The first kappa shape index (κ1) is 50.4. The van der Waals surface area contributed by atoms with E-state index in [2.05, 4.69) is 5.16 Å². The average Bonchev–Trinajstić information content (AvgIpc) is 3.13. The molecule has 0 amide bonds. The maximum absolute atomic E-state index is 14.4. The Morgan fingerprint density at radius 2 is 1.59 bits per heavy atom. The van der Waals surface area contributed by atoms with E-state index in [4.69, 9.17) is 38.0 Å². The second-order valence-corrected chi connectivity index (χ2v) is 18.0. The Bertz CT molecular complexity index is 1360. The van der Waals surface area contributed by atoms with Crippen molar-refractivity contribution in [1.29, 1.82) is 0 Å². The van der Waals surface area contributed by atoms with E-state index in [1.807, 2.05) is 39.8 Å². The zero-order chi connectivity index (χ0) is 44.1. The first-order valence-corrected chi connectivity index (χ1v) is 21.1. The summed E-state index contributed by atoms with van der Waals surface area (Å²) in [6, 6.07) is -0.322. The van der Waals surface area contributed by atoms with Crippen LogP contribution in [0.1, 0.15) is 115 Å². The van der Waals surface area contributed by atoms with Crippen molar-refractivity contribution in [1.82, 2.24) is 4.90 Å². The van der Waals surface area contributed by atoms with Crippen LogP contribution < -0.4 is 0 Å². The number of hydrogen-bond donors (Lipinski definition) is 4. The molecule has 3 rings (SSSR count). The number of hydrogen-bond acceptors (Lipinski definition) is 16. The first-order chi connectivity index (χ1) is 26.9. The van der Waals surface area contributed by atoms with Crippen LogP contribution in [0.5, 0.6) is 0 Å². The lowest BCUT2D eigenvalue weighted by molar-refractivity contribution is -0.318. The monoisotopic (exact) mass is 833 g/mol. The Morgan fingerprint density at radius 1 is 0.948 bits per heavy atom. The number of likely N-dealkylation sites (N-methyl/N-ethyl adjacent to an activating group) is 1. The zero-order valence-electron chi connectivity index (χ0n) is 37.7. The van der Waals surface area contributed by atoms with Gasteiger partial charge in [0.2, 0.25) is 0 Å². The highest BCUT2D eigenvalue weighted by molar-refractivity contribution is 5.88. The molecule has 0 aromatic rings.